The van der Waals surface area contributed by atoms with E-state index in [1.165, 1.54) is 0 Å². The van der Waals surface area contributed by atoms with Crippen LogP contribution in [-0.2, 0) is 10.0 Å². The van der Waals surface area contributed by atoms with Crippen LogP contribution in [-0.4, -0.2) is 52.9 Å². The first-order valence-corrected chi connectivity index (χ1v) is 9.54. The highest BCUT2D eigenvalue weighted by atomic mass is 32.2. The number of ether oxygens (including phenoxy) is 1. The summed E-state index contributed by atoms with van der Waals surface area (Å²) < 4.78 is 31.7. The molecule has 1 aliphatic rings. The number of nitrogens with one attached hydrogen (secondary N) is 1. The molecule has 0 amide bonds. The van der Waals surface area contributed by atoms with Crippen LogP contribution in [0.5, 0.6) is 5.75 Å². The van der Waals surface area contributed by atoms with Gasteiger partial charge in [0.2, 0.25) is 10.0 Å². The highest BCUT2D eigenvalue weighted by Crippen LogP contribution is 2.23. The lowest BCUT2D eigenvalue weighted by Gasteiger charge is -2.19. The Hall–Kier alpha value is -1.93. The molecule has 7 nitrogen and oxygen atoms in total. The lowest BCUT2D eigenvalue weighted by molar-refractivity contribution is 0.254. The molecule has 3 rings (SSSR count). The molecule has 0 saturated carbocycles. The maximum absolute atomic E-state index is 12.2. The van der Waals surface area contributed by atoms with Crippen LogP contribution < -0.4 is 4.74 Å². The van der Waals surface area contributed by atoms with Gasteiger partial charge in [-0.25, -0.2) is 12.7 Å². The largest absolute Gasteiger partial charge is 0.492 e. The molecule has 3 heterocycles. The Morgan fingerprint density at radius 2 is 2.21 bits per heavy atom. The fourth-order valence-electron chi connectivity index (χ4n) is 2.70. The van der Waals surface area contributed by atoms with E-state index in [2.05, 4.69) is 15.2 Å². The summed E-state index contributed by atoms with van der Waals surface area (Å²) in [7, 11) is -3.17. The Bertz CT molecular complexity index is 757. The molecule has 0 aliphatic carbocycles. The number of H-pyrrole nitrogens is 1. The second-order valence-corrected chi connectivity index (χ2v) is 8.76. The summed E-state index contributed by atoms with van der Waals surface area (Å²) in [6, 6.07) is 5.58. The quantitative estimate of drug-likeness (QED) is 0.860. The zero-order valence-electron chi connectivity index (χ0n) is 13.8. The van der Waals surface area contributed by atoms with Crippen molar-refractivity contribution in [3.05, 3.63) is 30.6 Å². The van der Waals surface area contributed by atoms with E-state index in [4.69, 9.17) is 4.74 Å². The summed E-state index contributed by atoms with van der Waals surface area (Å²) in [6.45, 7) is 5.03. The van der Waals surface area contributed by atoms with Crippen molar-refractivity contribution in [2.24, 2.45) is 5.92 Å². The van der Waals surface area contributed by atoms with Crippen LogP contribution >= 0.6 is 0 Å². The molecule has 1 fully saturated rings. The number of sulfonamides is 1. The van der Waals surface area contributed by atoms with Gasteiger partial charge in [-0.1, -0.05) is 0 Å². The Labute approximate surface area is 142 Å². The average molecular weight is 350 g/mol. The van der Waals surface area contributed by atoms with Gasteiger partial charge in [-0.15, -0.1) is 0 Å². The van der Waals surface area contributed by atoms with Gasteiger partial charge in [-0.2, -0.15) is 5.10 Å². The van der Waals surface area contributed by atoms with Gasteiger partial charge in [-0.3, -0.25) is 10.1 Å². The third-order valence-electron chi connectivity index (χ3n) is 4.20. The van der Waals surface area contributed by atoms with Crippen molar-refractivity contribution in [1.29, 1.82) is 0 Å². The Kier molecular flexibility index (Phi) is 4.86. The number of hydrogen-bond acceptors (Lipinski definition) is 5. The fourth-order valence-corrected chi connectivity index (χ4v) is 4.07. The number of pyridine rings is 1. The van der Waals surface area contributed by atoms with Crippen LogP contribution in [0.2, 0.25) is 0 Å². The molecule has 0 unspecified atom stereocenters. The molecule has 24 heavy (non-hydrogen) atoms. The first-order chi connectivity index (χ1) is 11.5. The molecule has 1 N–H and O–H groups in total. The number of hydrogen-bond donors (Lipinski definition) is 1. The summed E-state index contributed by atoms with van der Waals surface area (Å²) in [5.74, 6) is 0.897. The second-order valence-electron chi connectivity index (χ2n) is 6.27. The van der Waals surface area contributed by atoms with Gasteiger partial charge in [0.1, 0.15) is 5.75 Å². The highest BCUT2D eigenvalue weighted by molar-refractivity contribution is 7.89. The minimum atomic E-state index is -3.17. The van der Waals surface area contributed by atoms with Crippen molar-refractivity contribution in [3.63, 3.8) is 0 Å². The smallest absolute Gasteiger partial charge is 0.216 e. The highest BCUT2D eigenvalue weighted by Gasteiger charge is 2.33. The second kappa shape index (κ2) is 6.90. The third kappa shape index (κ3) is 3.59. The summed E-state index contributed by atoms with van der Waals surface area (Å²) >= 11 is 0. The monoisotopic (exact) mass is 350 g/mol. The standard InChI is InChI=1S/C16H22N4O3S/c1-12(2)24(21,22)20-8-6-13(10-20)11-23-14-3-4-15(17-9-14)16-5-7-18-19-16/h3-5,7,9,12-13H,6,8,10-11H2,1-2H3,(H,18,19)/t13-/m0/s1. The molecule has 2 aromatic heterocycles. The molecule has 0 radical (unpaired) electrons. The summed E-state index contributed by atoms with van der Waals surface area (Å²) in [6.07, 6.45) is 4.18. The third-order valence-corrected chi connectivity index (χ3v) is 6.45. The average Bonchev–Trinajstić information content (AvgIpc) is 3.25. The maximum atomic E-state index is 12.2. The normalized spacial score (nSPS) is 19.0. The lowest BCUT2D eigenvalue weighted by atomic mass is 10.1. The van der Waals surface area contributed by atoms with E-state index in [0.29, 0.717) is 25.4 Å². The van der Waals surface area contributed by atoms with E-state index in [9.17, 15) is 8.42 Å². The van der Waals surface area contributed by atoms with Crippen LogP contribution in [0.4, 0.5) is 0 Å². The SMILES string of the molecule is CC(C)S(=O)(=O)N1CC[C@H](COc2ccc(-c3ccn[nH]3)nc2)C1. The van der Waals surface area contributed by atoms with Gasteiger partial charge >= 0.3 is 0 Å². The van der Waals surface area contributed by atoms with E-state index in [1.54, 1.807) is 30.5 Å². The number of aromatic amines is 1. The van der Waals surface area contributed by atoms with E-state index in [-0.39, 0.29) is 11.2 Å². The van der Waals surface area contributed by atoms with Crippen molar-refractivity contribution < 1.29 is 13.2 Å². The fraction of sp³-hybridized carbons (Fsp3) is 0.500. The van der Waals surface area contributed by atoms with Crippen LogP contribution in [0.1, 0.15) is 20.3 Å². The first kappa shape index (κ1) is 16.9. The van der Waals surface area contributed by atoms with E-state index in [0.717, 1.165) is 17.8 Å². The lowest BCUT2D eigenvalue weighted by Crippen LogP contribution is -2.35. The van der Waals surface area contributed by atoms with Gasteiger partial charge in [-0.05, 0) is 38.5 Å². The molecule has 1 atom stereocenters. The summed E-state index contributed by atoms with van der Waals surface area (Å²) in [4.78, 5) is 4.34. The maximum Gasteiger partial charge on any atom is 0.216 e. The minimum Gasteiger partial charge on any atom is -0.492 e. The summed E-state index contributed by atoms with van der Waals surface area (Å²) in [5.41, 5.74) is 1.65. The Morgan fingerprint density at radius 1 is 1.38 bits per heavy atom. The van der Waals surface area contributed by atoms with E-state index < -0.39 is 10.0 Å². The Balaban J connectivity index is 1.54. The molecule has 0 aromatic carbocycles. The van der Waals surface area contributed by atoms with E-state index in [1.807, 2.05) is 18.2 Å². The zero-order valence-corrected chi connectivity index (χ0v) is 14.7. The molecule has 1 saturated heterocycles. The van der Waals surface area contributed by atoms with Gasteiger partial charge in [0.05, 0.1) is 29.4 Å². The van der Waals surface area contributed by atoms with Gasteiger partial charge < -0.3 is 4.74 Å². The van der Waals surface area contributed by atoms with Gasteiger partial charge in [0.15, 0.2) is 0 Å². The number of rotatable bonds is 6. The molecular weight excluding hydrogens is 328 g/mol. The van der Waals surface area contributed by atoms with Crippen molar-refractivity contribution in [2.45, 2.75) is 25.5 Å². The number of nitrogens with zero attached hydrogens (tertiary/aromatic N) is 3. The zero-order chi connectivity index (χ0) is 17.2. The van der Waals surface area contributed by atoms with Crippen LogP contribution in [0, 0.1) is 5.92 Å². The summed E-state index contributed by atoms with van der Waals surface area (Å²) in [5, 5.41) is 6.38. The van der Waals surface area contributed by atoms with Gasteiger partial charge in [0.25, 0.3) is 0 Å². The molecule has 0 bridgehead atoms. The number of aromatic nitrogens is 3. The molecule has 0 spiro atoms. The molecular formula is C16H22N4O3S. The van der Waals surface area contributed by atoms with Crippen molar-refractivity contribution >= 4 is 10.0 Å². The van der Waals surface area contributed by atoms with Crippen molar-refractivity contribution in [3.8, 4) is 17.1 Å². The molecule has 130 valence electrons. The van der Waals surface area contributed by atoms with Crippen LogP contribution in [0.15, 0.2) is 30.6 Å². The Morgan fingerprint density at radius 3 is 2.83 bits per heavy atom. The van der Waals surface area contributed by atoms with Gasteiger partial charge in [0, 0.05) is 25.2 Å². The van der Waals surface area contributed by atoms with Crippen LogP contribution in [0.25, 0.3) is 11.4 Å². The van der Waals surface area contributed by atoms with E-state index >= 15 is 0 Å². The predicted octanol–water partition coefficient (Wildman–Crippen LogP) is 1.91. The first-order valence-electron chi connectivity index (χ1n) is 8.04. The molecule has 1 aliphatic heterocycles. The van der Waals surface area contributed by atoms with Crippen molar-refractivity contribution in [1.82, 2.24) is 19.5 Å². The minimum absolute atomic E-state index is 0.214. The predicted molar refractivity (Wildman–Crippen MR) is 91.0 cm³/mol. The van der Waals surface area contributed by atoms with Crippen molar-refractivity contribution in [2.75, 3.05) is 19.7 Å². The van der Waals surface area contributed by atoms with Crippen LogP contribution in [0.3, 0.4) is 0 Å². The molecule has 8 heteroatoms. The molecule has 2 aromatic rings. The topological polar surface area (TPSA) is 88.2 Å².